The van der Waals surface area contributed by atoms with Crippen molar-refractivity contribution in [3.8, 4) is 0 Å². The van der Waals surface area contributed by atoms with Crippen molar-refractivity contribution in [2.75, 3.05) is 24.3 Å². The summed E-state index contributed by atoms with van der Waals surface area (Å²) in [5, 5.41) is 2.87. The molecular formula is C17H21N3O. The summed E-state index contributed by atoms with van der Waals surface area (Å²) in [5.74, 6) is -0.172. The van der Waals surface area contributed by atoms with E-state index >= 15 is 0 Å². The molecule has 0 fully saturated rings. The Balaban J connectivity index is 1.99. The zero-order valence-corrected chi connectivity index (χ0v) is 12.4. The van der Waals surface area contributed by atoms with Gasteiger partial charge in [0.05, 0.1) is 6.04 Å². The second-order valence-electron chi connectivity index (χ2n) is 5.23. The van der Waals surface area contributed by atoms with Crippen molar-refractivity contribution in [1.82, 2.24) is 0 Å². The topological polar surface area (TPSA) is 58.4 Å². The number of hydrogen-bond acceptors (Lipinski definition) is 3. The molecule has 0 unspecified atom stereocenters. The summed E-state index contributed by atoms with van der Waals surface area (Å²) >= 11 is 0. The fourth-order valence-electron chi connectivity index (χ4n) is 2.06. The Morgan fingerprint density at radius 3 is 2.52 bits per heavy atom. The Morgan fingerprint density at radius 2 is 1.86 bits per heavy atom. The van der Waals surface area contributed by atoms with E-state index in [1.807, 2.05) is 73.6 Å². The minimum atomic E-state index is -0.560. The van der Waals surface area contributed by atoms with Crippen molar-refractivity contribution in [3.05, 3.63) is 60.2 Å². The average Bonchev–Trinajstić information content (AvgIpc) is 2.48. The molecule has 0 spiro atoms. The summed E-state index contributed by atoms with van der Waals surface area (Å²) in [6.45, 7) is 0. The third-order valence-electron chi connectivity index (χ3n) is 3.27. The van der Waals surface area contributed by atoms with Crippen LogP contribution in [-0.4, -0.2) is 26.0 Å². The lowest BCUT2D eigenvalue weighted by Crippen LogP contribution is -2.37. The van der Waals surface area contributed by atoms with Gasteiger partial charge in [0.2, 0.25) is 5.91 Å². The molecule has 3 N–H and O–H groups in total. The first-order valence-corrected chi connectivity index (χ1v) is 6.94. The van der Waals surface area contributed by atoms with E-state index in [1.165, 1.54) is 0 Å². The molecule has 0 radical (unpaired) electrons. The zero-order chi connectivity index (χ0) is 15.2. The number of benzene rings is 2. The van der Waals surface area contributed by atoms with Crippen LogP contribution in [0.5, 0.6) is 0 Å². The first kappa shape index (κ1) is 15.1. The Labute approximate surface area is 125 Å². The first-order valence-electron chi connectivity index (χ1n) is 6.94. The van der Waals surface area contributed by atoms with Gasteiger partial charge in [0.15, 0.2) is 0 Å². The van der Waals surface area contributed by atoms with Crippen LogP contribution in [0.25, 0.3) is 0 Å². The molecule has 0 bridgehead atoms. The van der Waals surface area contributed by atoms with E-state index in [0.717, 1.165) is 16.9 Å². The fourth-order valence-corrected chi connectivity index (χ4v) is 2.06. The van der Waals surface area contributed by atoms with Gasteiger partial charge in [-0.15, -0.1) is 0 Å². The van der Waals surface area contributed by atoms with Crippen molar-refractivity contribution >= 4 is 17.3 Å². The first-order chi connectivity index (χ1) is 10.1. The van der Waals surface area contributed by atoms with Gasteiger partial charge in [-0.1, -0.05) is 36.4 Å². The number of nitrogens with one attached hydrogen (secondary N) is 1. The molecule has 4 nitrogen and oxygen atoms in total. The lowest BCUT2D eigenvalue weighted by Gasteiger charge is -2.16. The van der Waals surface area contributed by atoms with Crippen LogP contribution in [0.2, 0.25) is 0 Å². The molecule has 0 aromatic heterocycles. The summed E-state index contributed by atoms with van der Waals surface area (Å²) in [5.41, 5.74) is 8.82. The van der Waals surface area contributed by atoms with Crippen LogP contribution in [0.15, 0.2) is 54.6 Å². The van der Waals surface area contributed by atoms with Gasteiger partial charge >= 0.3 is 0 Å². The van der Waals surface area contributed by atoms with Crippen LogP contribution in [-0.2, 0) is 11.2 Å². The number of carbonyl (C=O) groups is 1. The number of rotatable bonds is 5. The van der Waals surface area contributed by atoms with Crippen LogP contribution in [0, 0.1) is 0 Å². The van der Waals surface area contributed by atoms with Crippen LogP contribution in [0.1, 0.15) is 5.56 Å². The lowest BCUT2D eigenvalue weighted by molar-refractivity contribution is -0.117. The molecule has 2 aromatic rings. The highest BCUT2D eigenvalue weighted by Gasteiger charge is 2.14. The molecule has 1 atom stereocenters. The number of amides is 1. The second kappa shape index (κ2) is 6.90. The molecule has 0 heterocycles. The van der Waals surface area contributed by atoms with Gasteiger partial charge in [0.1, 0.15) is 0 Å². The predicted octanol–water partition coefficient (Wildman–Crippen LogP) is 2.26. The van der Waals surface area contributed by atoms with E-state index in [9.17, 15) is 4.79 Å². The molecule has 4 heteroatoms. The molecule has 2 aromatic carbocycles. The van der Waals surface area contributed by atoms with Crippen LogP contribution in [0.3, 0.4) is 0 Å². The predicted molar refractivity (Wildman–Crippen MR) is 87.5 cm³/mol. The molecule has 21 heavy (non-hydrogen) atoms. The summed E-state index contributed by atoms with van der Waals surface area (Å²) in [7, 11) is 3.92. The van der Waals surface area contributed by atoms with E-state index in [4.69, 9.17) is 5.73 Å². The van der Waals surface area contributed by atoms with Crippen molar-refractivity contribution in [2.24, 2.45) is 5.73 Å². The third kappa shape index (κ3) is 4.33. The third-order valence-corrected chi connectivity index (χ3v) is 3.27. The van der Waals surface area contributed by atoms with E-state index in [0.29, 0.717) is 6.42 Å². The molecule has 0 aliphatic rings. The number of nitrogens with two attached hydrogens (primary N) is 1. The standard InChI is InChI=1S/C17H21N3O/c1-20(2)15-10-6-9-14(12-15)19-17(21)16(18)11-13-7-4-3-5-8-13/h3-10,12,16H,11,18H2,1-2H3,(H,19,21)/t16-/m1/s1. The molecule has 0 saturated carbocycles. The zero-order valence-electron chi connectivity index (χ0n) is 12.4. The summed E-state index contributed by atoms with van der Waals surface area (Å²) < 4.78 is 0. The molecule has 0 saturated heterocycles. The SMILES string of the molecule is CN(C)c1cccc(NC(=O)[C@H](N)Cc2ccccc2)c1. The van der Waals surface area contributed by atoms with Crippen LogP contribution < -0.4 is 16.0 Å². The van der Waals surface area contributed by atoms with Gasteiger partial charge in [-0.2, -0.15) is 0 Å². The molecule has 0 aliphatic heterocycles. The Morgan fingerprint density at radius 1 is 1.14 bits per heavy atom. The minimum absolute atomic E-state index is 0.172. The van der Waals surface area contributed by atoms with Gasteiger partial charge in [0.25, 0.3) is 0 Å². The maximum atomic E-state index is 12.1. The maximum absolute atomic E-state index is 12.1. The molecule has 0 aliphatic carbocycles. The summed E-state index contributed by atoms with van der Waals surface area (Å²) in [6, 6.07) is 16.9. The molecule has 2 rings (SSSR count). The maximum Gasteiger partial charge on any atom is 0.241 e. The van der Waals surface area contributed by atoms with Gasteiger partial charge in [0, 0.05) is 25.5 Å². The second-order valence-corrected chi connectivity index (χ2v) is 5.23. The normalized spacial score (nSPS) is 11.8. The number of hydrogen-bond donors (Lipinski definition) is 2. The quantitative estimate of drug-likeness (QED) is 0.885. The minimum Gasteiger partial charge on any atom is -0.378 e. The van der Waals surface area contributed by atoms with Gasteiger partial charge < -0.3 is 16.0 Å². The number of nitrogens with zero attached hydrogens (tertiary/aromatic N) is 1. The fraction of sp³-hybridized carbons (Fsp3) is 0.235. The van der Waals surface area contributed by atoms with Gasteiger partial charge in [-0.3, -0.25) is 4.79 Å². The van der Waals surface area contributed by atoms with E-state index < -0.39 is 6.04 Å². The average molecular weight is 283 g/mol. The van der Waals surface area contributed by atoms with Crippen molar-refractivity contribution < 1.29 is 4.79 Å². The summed E-state index contributed by atoms with van der Waals surface area (Å²) in [6.07, 6.45) is 0.528. The lowest BCUT2D eigenvalue weighted by atomic mass is 10.1. The molecular weight excluding hydrogens is 262 g/mol. The highest BCUT2D eigenvalue weighted by atomic mass is 16.2. The Hall–Kier alpha value is -2.33. The van der Waals surface area contributed by atoms with E-state index in [2.05, 4.69) is 5.32 Å². The number of carbonyl (C=O) groups excluding carboxylic acids is 1. The molecule has 1 amide bonds. The Kier molecular flexibility index (Phi) is 4.95. The van der Waals surface area contributed by atoms with Crippen LogP contribution >= 0.6 is 0 Å². The largest absolute Gasteiger partial charge is 0.378 e. The smallest absolute Gasteiger partial charge is 0.241 e. The Bertz CT molecular complexity index is 596. The highest BCUT2D eigenvalue weighted by molar-refractivity contribution is 5.95. The number of anilines is 2. The highest BCUT2D eigenvalue weighted by Crippen LogP contribution is 2.17. The van der Waals surface area contributed by atoms with E-state index in [-0.39, 0.29) is 5.91 Å². The molecule has 110 valence electrons. The summed E-state index contributed by atoms with van der Waals surface area (Å²) in [4.78, 5) is 14.1. The van der Waals surface area contributed by atoms with Crippen molar-refractivity contribution in [2.45, 2.75) is 12.5 Å². The monoisotopic (exact) mass is 283 g/mol. The van der Waals surface area contributed by atoms with Gasteiger partial charge in [-0.05, 0) is 30.2 Å². The van der Waals surface area contributed by atoms with Crippen molar-refractivity contribution in [1.29, 1.82) is 0 Å². The van der Waals surface area contributed by atoms with E-state index in [1.54, 1.807) is 0 Å². The van der Waals surface area contributed by atoms with Gasteiger partial charge in [-0.25, -0.2) is 0 Å². The van der Waals surface area contributed by atoms with Crippen LogP contribution in [0.4, 0.5) is 11.4 Å². The van der Waals surface area contributed by atoms with Crippen molar-refractivity contribution in [3.63, 3.8) is 0 Å².